The summed E-state index contributed by atoms with van der Waals surface area (Å²) in [6, 6.07) is 22.4. The number of carbonyl (C=O) groups excluding carboxylic acids is 2. The van der Waals surface area contributed by atoms with E-state index in [1.807, 2.05) is 88.4 Å². The fourth-order valence-electron chi connectivity index (χ4n) is 3.70. The summed E-state index contributed by atoms with van der Waals surface area (Å²) in [6.45, 7) is 8.06. The Morgan fingerprint density at radius 2 is 1.58 bits per heavy atom. The highest BCUT2D eigenvalue weighted by Gasteiger charge is 2.32. The van der Waals surface area contributed by atoms with E-state index in [9.17, 15) is 9.59 Å². The zero-order valence-corrected chi connectivity index (χ0v) is 23.4. The molecule has 1 unspecified atom stereocenters. The fraction of sp³-hybridized carbons (Fsp3) is 0.310. The summed E-state index contributed by atoms with van der Waals surface area (Å²) in [5.41, 5.74) is 2.50. The van der Waals surface area contributed by atoms with Crippen LogP contribution < -0.4 is 5.32 Å². The molecule has 0 saturated carbocycles. The molecule has 3 aromatic rings. The monoisotopic (exact) mass is 542 g/mol. The number of benzene rings is 3. The molecule has 2 amide bonds. The van der Waals surface area contributed by atoms with E-state index < -0.39 is 11.6 Å². The molecule has 0 aliphatic rings. The van der Waals surface area contributed by atoms with E-state index >= 15 is 0 Å². The van der Waals surface area contributed by atoms with Gasteiger partial charge in [-0.2, -0.15) is 0 Å². The molecule has 0 saturated heterocycles. The van der Waals surface area contributed by atoms with Gasteiger partial charge in [0.2, 0.25) is 11.8 Å². The maximum atomic E-state index is 13.7. The van der Waals surface area contributed by atoms with Crippen molar-refractivity contribution in [2.45, 2.75) is 57.1 Å². The number of hydrogen-bond acceptors (Lipinski definition) is 3. The van der Waals surface area contributed by atoms with Crippen molar-refractivity contribution >= 4 is 46.8 Å². The average Bonchev–Trinajstić information content (AvgIpc) is 2.82. The molecule has 1 atom stereocenters. The maximum Gasteiger partial charge on any atom is 0.243 e. The molecule has 3 aromatic carbocycles. The molecule has 0 radical (unpaired) electrons. The van der Waals surface area contributed by atoms with Crippen molar-refractivity contribution in [3.8, 4) is 0 Å². The number of carbonyl (C=O) groups is 2. The van der Waals surface area contributed by atoms with Gasteiger partial charge in [-0.25, -0.2) is 0 Å². The first kappa shape index (κ1) is 28.1. The first-order valence-corrected chi connectivity index (χ1v) is 13.5. The summed E-state index contributed by atoms with van der Waals surface area (Å²) < 4.78 is 0. The molecular formula is C29H32Cl2N2O2S. The summed E-state index contributed by atoms with van der Waals surface area (Å²) in [5.74, 6) is -0.116. The number of aryl methyl sites for hydroxylation is 1. The second kappa shape index (κ2) is 12.7. The van der Waals surface area contributed by atoms with Crippen molar-refractivity contribution in [1.82, 2.24) is 10.2 Å². The van der Waals surface area contributed by atoms with Crippen LogP contribution in [0.5, 0.6) is 0 Å². The van der Waals surface area contributed by atoms with Gasteiger partial charge in [-0.15, -0.1) is 11.8 Å². The molecular weight excluding hydrogens is 511 g/mol. The lowest BCUT2D eigenvalue weighted by atomic mass is 10.0. The first-order valence-electron chi connectivity index (χ1n) is 11.8. The van der Waals surface area contributed by atoms with Gasteiger partial charge in [-0.1, -0.05) is 77.3 Å². The summed E-state index contributed by atoms with van der Waals surface area (Å²) >= 11 is 13.9. The van der Waals surface area contributed by atoms with Gasteiger partial charge in [0.25, 0.3) is 0 Å². The van der Waals surface area contributed by atoms with Gasteiger partial charge in [0.15, 0.2) is 0 Å². The zero-order chi connectivity index (χ0) is 26.3. The second-order valence-corrected chi connectivity index (χ2v) is 11.7. The standard InChI is InChI=1S/C29H32Cl2N2O2S/c1-20-10-13-23(14-11-20)36-19-27(34)33(18-22-12-15-24(30)25(31)16-22)26(28(35)32-29(2,3)4)17-21-8-6-5-7-9-21/h5-16,26H,17-19H2,1-4H3,(H,32,35). The smallest absolute Gasteiger partial charge is 0.243 e. The molecule has 0 fully saturated rings. The molecule has 1 N–H and O–H groups in total. The first-order chi connectivity index (χ1) is 17.0. The lowest BCUT2D eigenvalue weighted by Gasteiger charge is -2.34. The van der Waals surface area contributed by atoms with E-state index in [2.05, 4.69) is 5.32 Å². The largest absolute Gasteiger partial charge is 0.350 e. The predicted octanol–water partition coefficient (Wildman–Crippen LogP) is 6.95. The molecule has 190 valence electrons. The van der Waals surface area contributed by atoms with Gasteiger partial charge in [-0.3, -0.25) is 9.59 Å². The third-order valence-electron chi connectivity index (χ3n) is 5.49. The van der Waals surface area contributed by atoms with Crippen LogP contribution in [0.15, 0.2) is 77.7 Å². The SMILES string of the molecule is Cc1ccc(SCC(=O)N(Cc2ccc(Cl)c(Cl)c2)C(Cc2ccccc2)C(=O)NC(C)(C)C)cc1. The number of nitrogens with one attached hydrogen (secondary N) is 1. The van der Waals surface area contributed by atoms with Crippen LogP contribution in [0.2, 0.25) is 10.0 Å². The van der Waals surface area contributed by atoms with Crippen LogP contribution in [-0.2, 0) is 22.6 Å². The van der Waals surface area contributed by atoms with E-state index in [1.54, 1.807) is 17.0 Å². The van der Waals surface area contributed by atoms with E-state index in [0.717, 1.165) is 21.6 Å². The van der Waals surface area contributed by atoms with Crippen LogP contribution in [0.1, 0.15) is 37.5 Å². The Labute approximate surface area is 228 Å². The van der Waals surface area contributed by atoms with E-state index in [0.29, 0.717) is 16.5 Å². The van der Waals surface area contributed by atoms with E-state index in [1.165, 1.54) is 11.8 Å². The van der Waals surface area contributed by atoms with Gasteiger partial charge in [0.1, 0.15) is 6.04 Å². The van der Waals surface area contributed by atoms with Crippen molar-refractivity contribution in [2.24, 2.45) is 0 Å². The van der Waals surface area contributed by atoms with Crippen molar-refractivity contribution in [3.63, 3.8) is 0 Å². The molecule has 0 aliphatic carbocycles. The topological polar surface area (TPSA) is 49.4 Å². The number of thioether (sulfide) groups is 1. The van der Waals surface area contributed by atoms with Crippen LogP contribution >= 0.6 is 35.0 Å². The lowest BCUT2D eigenvalue weighted by molar-refractivity contribution is -0.140. The van der Waals surface area contributed by atoms with Crippen LogP contribution in [0.4, 0.5) is 0 Å². The molecule has 0 aromatic heterocycles. The van der Waals surface area contributed by atoms with Crippen molar-refractivity contribution in [2.75, 3.05) is 5.75 Å². The summed E-state index contributed by atoms with van der Waals surface area (Å²) in [6.07, 6.45) is 0.394. The van der Waals surface area contributed by atoms with Gasteiger partial charge in [0, 0.05) is 23.4 Å². The van der Waals surface area contributed by atoms with Crippen LogP contribution in [0.3, 0.4) is 0 Å². The van der Waals surface area contributed by atoms with Crippen LogP contribution in [-0.4, -0.2) is 34.0 Å². The highest BCUT2D eigenvalue weighted by molar-refractivity contribution is 8.00. The molecule has 0 aliphatic heterocycles. The molecule has 4 nitrogen and oxygen atoms in total. The average molecular weight is 544 g/mol. The minimum Gasteiger partial charge on any atom is -0.350 e. The highest BCUT2D eigenvalue weighted by atomic mass is 35.5. The Hall–Kier alpha value is -2.47. The van der Waals surface area contributed by atoms with E-state index in [-0.39, 0.29) is 24.1 Å². The zero-order valence-electron chi connectivity index (χ0n) is 21.1. The normalized spacial score (nSPS) is 12.2. The second-order valence-electron chi connectivity index (χ2n) is 9.82. The van der Waals surface area contributed by atoms with Crippen LogP contribution in [0, 0.1) is 6.92 Å². The lowest BCUT2D eigenvalue weighted by Crippen LogP contribution is -2.54. The van der Waals surface area contributed by atoms with Gasteiger partial charge in [0.05, 0.1) is 15.8 Å². The van der Waals surface area contributed by atoms with Gasteiger partial charge < -0.3 is 10.2 Å². The van der Waals surface area contributed by atoms with E-state index in [4.69, 9.17) is 23.2 Å². The Balaban J connectivity index is 1.94. The summed E-state index contributed by atoms with van der Waals surface area (Å²) in [7, 11) is 0. The Morgan fingerprint density at radius 1 is 0.917 bits per heavy atom. The van der Waals surface area contributed by atoms with Gasteiger partial charge >= 0.3 is 0 Å². The third-order valence-corrected chi connectivity index (χ3v) is 7.23. The number of rotatable bonds is 9. The quantitative estimate of drug-likeness (QED) is 0.297. The Kier molecular flexibility index (Phi) is 9.89. The molecule has 0 bridgehead atoms. The summed E-state index contributed by atoms with van der Waals surface area (Å²) in [5, 5.41) is 3.93. The predicted molar refractivity (Wildman–Crippen MR) is 151 cm³/mol. The number of hydrogen-bond donors (Lipinski definition) is 1. The summed E-state index contributed by atoms with van der Waals surface area (Å²) in [4.78, 5) is 29.9. The van der Waals surface area contributed by atoms with Crippen molar-refractivity contribution in [3.05, 3.63) is 99.5 Å². The minimum absolute atomic E-state index is 0.128. The molecule has 0 heterocycles. The van der Waals surface area contributed by atoms with Crippen molar-refractivity contribution in [1.29, 1.82) is 0 Å². The van der Waals surface area contributed by atoms with Crippen molar-refractivity contribution < 1.29 is 9.59 Å². The van der Waals surface area contributed by atoms with Gasteiger partial charge in [-0.05, 0) is 63.1 Å². The maximum absolute atomic E-state index is 13.7. The Bertz CT molecular complexity index is 1180. The molecule has 7 heteroatoms. The molecule has 3 rings (SSSR count). The third kappa shape index (κ3) is 8.58. The number of amides is 2. The number of halogens is 2. The van der Waals surface area contributed by atoms with Crippen LogP contribution in [0.25, 0.3) is 0 Å². The fourth-order valence-corrected chi connectivity index (χ4v) is 4.81. The number of nitrogens with zero attached hydrogens (tertiary/aromatic N) is 1. The highest BCUT2D eigenvalue weighted by Crippen LogP contribution is 2.26. The minimum atomic E-state index is -0.702. The Morgan fingerprint density at radius 3 is 2.19 bits per heavy atom. The molecule has 36 heavy (non-hydrogen) atoms. The molecule has 0 spiro atoms.